The molecule has 0 amide bonds. The number of hydrogen-bond donors (Lipinski definition) is 0. The average Bonchev–Trinajstić information content (AvgIpc) is 3.50. The third-order valence-electron chi connectivity index (χ3n) is 12.6. The molecule has 1 unspecified atom stereocenters. The normalized spacial score (nSPS) is 18.6. The summed E-state index contributed by atoms with van der Waals surface area (Å²) in [7, 11) is 0. The molecule has 53 heavy (non-hydrogen) atoms. The van der Waals surface area contributed by atoms with Gasteiger partial charge in [0, 0.05) is 46.3 Å². The molecule has 0 aromatic heterocycles. The maximum atomic E-state index is 15.5. The van der Waals surface area contributed by atoms with Crippen LogP contribution in [0.1, 0.15) is 73.8 Å². The molecule has 2 aliphatic heterocycles. The van der Waals surface area contributed by atoms with Gasteiger partial charge in [0.05, 0.1) is 0 Å². The van der Waals surface area contributed by atoms with Crippen molar-refractivity contribution in [3.8, 4) is 16.9 Å². The van der Waals surface area contributed by atoms with Crippen LogP contribution in [0.3, 0.4) is 0 Å². The molecule has 1 aliphatic carbocycles. The third kappa shape index (κ3) is 4.60. The van der Waals surface area contributed by atoms with E-state index < -0.39 is 11.0 Å². The van der Waals surface area contributed by atoms with Crippen LogP contribution in [0.4, 0.5) is 14.5 Å². The molecular formula is C49H41F2NO. The molecule has 0 N–H and O–H groups in total. The van der Waals surface area contributed by atoms with Crippen LogP contribution in [-0.4, -0.2) is 13.1 Å². The zero-order chi connectivity index (χ0) is 35.9. The van der Waals surface area contributed by atoms with Gasteiger partial charge in [-0.3, -0.25) is 0 Å². The minimum absolute atomic E-state index is 0.242. The van der Waals surface area contributed by atoms with Crippen LogP contribution in [0.2, 0.25) is 0 Å². The van der Waals surface area contributed by atoms with Crippen LogP contribution >= 0.6 is 0 Å². The molecule has 262 valence electrons. The smallest absolute Gasteiger partial charge is 0.178 e. The van der Waals surface area contributed by atoms with Crippen molar-refractivity contribution in [2.24, 2.45) is 0 Å². The average molecular weight is 698 g/mol. The van der Waals surface area contributed by atoms with Crippen molar-refractivity contribution < 1.29 is 13.5 Å². The molecule has 0 bridgehead atoms. The monoisotopic (exact) mass is 697 g/mol. The number of benzene rings is 7. The van der Waals surface area contributed by atoms with Gasteiger partial charge in [0.25, 0.3) is 0 Å². The van der Waals surface area contributed by atoms with Gasteiger partial charge in [-0.2, -0.15) is 0 Å². The Kier molecular flexibility index (Phi) is 7.31. The number of anilines is 1. The van der Waals surface area contributed by atoms with Gasteiger partial charge in [-0.1, -0.05) is 92.7 Å². The van der Waals surface area contributed by atoms with Crippen molar-refractivity contribution in [2.45, 2.75) is 57.0 Å². The van der Waals surface area contributed by atoms with E-state index in [1.807, 2.05) is 12.1 Å². The first-order valence-electron chi connectivity index (χ1n) is 19.2. The Morgan fingerprint density at radius 3 is 2.11 bits per heavy atom. The summed E-state index contributed by atoms with van der Waals surface area (Å²) in [6.45, 7) is 6.51. The zero-order valence-corrected chi connectivity index (χ0v) is 30.2. The van der Waals surface area contributed by atoms with E-state index in [1.165, 1.54) is 36.4 Å². The lowest BCUT2D eigenvalue weighted by Crippen LogP contribution is -2.36. The second-order valence-corrected chi connectivity index (χ2v) is 15.1. The summed E-state index contributed by atoms with van der Waals surface area (Å²) < 4.78 is 38.3. The van der Waals surface area contributed by atoms with Crippen LogP contribution in [-0.2, 0) is 11.0 Å². The van der Waals surface area contributed by atoms with Gasteiger partial charge in [-0.25, -0.2) is 8.78 Å². The standard InChI is InChI=1S/C49H41F2NO/c1-3-48(4-2)43-30-34(51)19-23-40(43)45-39-22-18-33(50)29-42(39)47-41(46(45)48)24-25-49(53-47,32-16-20-35(21-17-32)52-26-10-5-11-27-52)44-28-31-12-6-7-13-36(31)37-14-8-9-15-38(37)44/h6-9,12-25,28-30H,3-5,10-11,26-27H2,1-2H3. The van der Waals surface area contributed by atoms with E-state index in [9.17, 15) is 0 Å². The molecule has 3 aliphatic rings. The van der Waals surface area contributed by atoms with Gasteiger partial charge in [0.2, 0.25) is 0 Å². The second kappa shape index (κ2) is 12.0. The maximum Gasteiger partial charge on any atom is 0.178 e. The molecule has 1 atom stereocenters. The number of nitrogens with zero attached hydrogens (tertiary/aromatic N) is 1. The van der Waals surface area contributed by atoms with E-state index in [0.717, 1.165) is 91.8 Å². The molecule has 4 heteroatoms. The Hall–Kier alpha value is -5.48. The third-order valence-corrected chi connectivity index (χ3v) is 12.6. The fourth-order valence-electron chi connectivity index (χ4n) is 10.0. The molecule has 0 saturated carbocycles. The molecule has 1 fully saturated rings. The predicted molar refractivity (Wildman–Crippen MR) is 215 cm³/mol. The van der Waals surface area contributed by atoms with Crippen LogP contribution in [0.25, 0.3) is 49.5 Å². The van der Waals surface area contributed by atoms with Crippen LogP contribution < -0.4 is 9.64 Å². The summed E-state index contributed by atoms with van der Waals surface area (Å²) in [5.41, 5.74) is 6.95. The van der Waals surface area contributed by atoms with Crippen molar-refractivity contribution in [3.63, 3.8) is 0 Å². The van der Waals surface area contributed by atoms with Gasteiger partial charge in [0.15, 0.2) is 5.60 Å². The molecular weight excluding hydrogens is 657 g/mol. The minimum atomic E-state index is -1.04. The SMILES string of the molecule is CCC1(CC)c2cc(F)ccc2-c2c1c1c(c3cc(F)ccc23)OC(c2ccc(N3CCCCC3)cc2)(c2cc3ccccc3c3ccccc23)C=C1. The van der Waals surface area contributed by atoms with Gasteiger partial charge < -0.3 is 9.64 Å². The lowest BCUT2D eigenvalue weighted by molar-refractivity contribution is 0.165. The highest BCUT2D eigenvalue weighted by molar-refractivity contribution is 6.11. The van der Waals surface area contributed by atoms with Gasteiger partial charge in [-0.05, 0) is 130 Å². The van der Waals surface area contributed by atoms with Crippen molar-refractivity contribution in [3.05, 3.63) is 161 Å². The number of hydrogen-bond acceptors (Lipinski definition) is 2. The maximum absolute atomic E-state index is 15.5. The lowest BCUT2D eigenvalue weighted by Gasteiger charge is -2.40. The van der Waals surface area contributed by atoms with Gasteiger partial charge in [-0.15, -0.1) is 0 Å². The number of fused-ring (bicyclic) bond motifs is 11. The number of piperidine rings is 1. The van der Waals surface area contributed by atoms with E-state index >= 15 is 8.78 Å². The number of ether oxygens (including phenoxy) is 1. The van der Waals surface area contributed by atoms with Crippen LogP contribution in [0.15, 0.2) is 121 Å². The predicted octanol–water partition coefficient (Wildman–Crippen LogP) is 12.9. The van der Waals surface area contributed by atoms with Gasteiger partial charge >= 0.3 is 0 Å². The largest absolute Gasteiger partial charge is 0.472 e. The van der Waals surface area contributed by atoms with Crippen molar-refractivity contribution in [1.29, 1.82) is 0 Å². The summed E-state index contributed by atoms with van der Waals surface area (Å²) >= 11 is 0. The fraction of sp³-hybridized carbons (Fsp3) is 0.224. The first-order valence-corrected chi connectivity index (χ1v) is 19.2. The molecule has 2 heterocycles. The van der Waals surface area contributed by atoms with E-state index in [4.69, 9.17) is 4.74 Å². The molecule has 0 radical (unpaired) electrons. The first-order chi connectivity index (χ1) is 26.0. The Labute approximate surface area is 309 Å². The van der Waals surface area contributed by atoms with Crippen molar-refractivity contribution in [2.75, 3.05) is 18.0 Å². The topological polar surface area (TPSA) is 12.5 Å². The van der Waals surface area contributed by atoms with E-state index in [2.05, 4.69) is 110 Å². The fourth-order valence-corrected chi connectivity index (χ4v) is 10.0. The molecule has 2 nitrogen and oxygen atoms in total. The highest BCUT2D eigenvalue weighted by atomic mass is 19.1. The van der Waals surface area contributed by atoms with E-state index in [1.54, 1.807) is 18.2 Å². The molecule has 7 aromatic carbocycles. The summed E-state index contributed by atoms with van der Waals surface area (Å²) in [5.74, 6) is 0.103. The van der Waals surface area contributed by atoms with Crippen LogP contribution in [0, 0.1) is 11.6 Å². The number of halogens is 2. The number of rotatable bonds is 5. The Bertz CT molecular complexity index is 2630. The van der Waals surface area contributed by atoms with Crippen molar-refractivity contribution in [1.82, 2.24) is 0 Å². The molecule has 10 rings (SSSR count). The second-order valence-electron chi connectivity index (χ2n) is 15.1. The summed E-state index contributed by atoms with van der Waals surface area (Å²) in [5, 5.41) is 6.23. The summed E-state index contributed by atoms with van der Waals surface area (Å²) in [6, 6.07) is 38.5. The summed E-state index contributed by atoms with van der Waals surface area (Å²) in [4.78, 5) is 2.48. The first kappa shape index (κ1) is 32.2. The highest BCUT2D eigenvalue weighted by Crippen LogP contribution is 2.60. The quantitative estimate of drug-likeness (QED) is 0.166. The molecule has 1 saturated heterocycles. The Balaban J connectivity index is 1.29. The summed E-state index contributed by atoms with van der Waals surface area (Å²) in [6.07, 6.45) is 9.73. The zero-order valence-electron chi connectivity index (χ0n) is 30.2. The van der Waals surface area contributed by atoms with Crippen molar-refractivity contribution >= 4 is 44.1 Å². The van der Waals surface area contributed by atoms with Gasteiger partial charge in [0.1, 0.15) is 17.4 Å². The Morgan fingerprint density at radius 1 is 0.642 bits per heavy atom. The molecule has 7 aromatic rings. The lowest BCUT2D eigenvalue weighted by atomic mass is 9.71. The Morgan fingerprint density at radius 2 is 1.34 bits per heavy atom. The van der Waals surface area contributed by atoms with E-state index in [0.29, 0.717) is 5.75 Å². The minimum Gasteiger partial charge on any atom is -0.472 e. The highest BCUT2D eigenvalue weighted by Gasteiger charge is 2.47. The molecule has 0 spiro atoms. The van der Waals surface area contributed by atoms with Crippen LogP contribution in [0.5, 0.6) is 5.75 Å². The van der Waals surface area contributed by atoms with E-state index in [-0.39, 0.29) is 11.6 Å².